The van der Waals surface area contributed by atoms with E-state index >= 15 is 0 Å². The largest absolute Gasteiger partial charge is 0.356 e. The predicted octanol–water partition coefficient (Wildman–Crippen LogP) is 3.61. The summed E-state index contributed by atoms with van der Waals surface area (Å²) in [5.41, 5.74) is 2.32. The Labute approximate surface area is 124 Å². The molecule has 2 rings (SSSR count). The van der Waals surface area contributed by atoms with E-state index in [0.717, 1.165) is 12.1 Å². The molecule has 104 valence electrons. The number of benzene rings is 1. The molecule has 2 atom stereocenters. The summed E-state index contributed by atoms with van der Waals surface area (Å²) in [6.07, 6.45) is 5.46. The molecule has 1 aliphatic rings. The number of amides is 1. The molecular formula is C16H22BrNO. The van der Waals surface area contributed by atoms with Gasteiger partial charge in [0.1, 0.15) is 0 Å². The molecule has 2 unspecified atom stereocenters. The fourth-order valence-electron chi connectivity index (χ4n) is 2.62. The maximum Gasteiger partial charge on any atom is 0.224 e. The normalized spacial score (nSPS) is 23.1. The van der Waals surface area contributed by atoms with Gasteiger partial charge in [0.15, 0.2) is 0 Å². The lowest BCUT2D eigenvalue weighted by molar-refractivity contribution is -0.120. The van der Waals surface area contributed by atoms with Gasteiger partial charge in [-0.3, -0.25) is 4.79 Å². The molecule has 1 amide bonds. The molecule has 0 saturated heterocycles. The quantitative estimate of drug-likeness (QED) is 0.842. The first-order valence-electron chi connectivity index (χ1n) is 7.10. The smallest absolute Gasteiger partial charge is 0.224 e. The molecule has 1 saturated carbocycles. The minimum Gasteiger partial charge on any atom is -0.356 e. The van der Waals surface area contributed by atoms with Gasteiger partial charge in [-0.15, -0.1) is 0 Å². The summed E-state index contributed by atoms with van der Waals surface area (Å²) in [7, 11) is 0. The van der Waals surface area contributed by atoms with Crippen molar-refractivity contribution in [3.8, 4) is 0 Å². The van der Waals surface area contributed by atoms with Gasteiger partial charge in [-0.25, -0.2) is 0 Å². The second-order valence-electron chi connectivity index (χ2n) is 5.60. The lowest BCUT2D eigenvalue weighted by atomic mass is 9.89. The monoisotopic (exact) mass is 323 g/mol. The summed E-state index contributed by atoms with van der Waals surface area (Å²) in [6, 6.07) is 8.17. The van der Waals surface area contributed by atoms with Gasteiger partial charge in [0.25, 0.3) is 0 Å². The van der Waals surface area contributed by atoms with Crippen LogP contribution in [0.25, 0.3) is 0 Å². The van der Waals surface area contributed by atoms with Gasteiger partial charge in [-0.1, -0.05) is 52.2 Å². The van der Waals surface area contributed by atoms with E-state index in [1.54, 1.807) is 0 Å². The van der Waals surface area contributed by atoms with E-state index in [1.807, 2.05) is 12.1 Å². The Morgan fingerprint density at radius 2 is 2.05 bits per heavy atom. The van der Waals surface area contributed by atoms with Gasteiger partial charge in [-0.2, -0.15) is 0 Å². The van der Waals surface area contributed by atoms with Crippen molar-refractivity contribution < 1.29 is 4.79 Å². The third-order valence-electron chi connectivity index (χ3n) is 3.79. The van der Waals surface area contributed by atoms with Crippen LogP contribution in [0.5, 0.6) is 0 Å². The van der Waals surface area contributed by atoms with Crippen LogP contribution in [0.3, 0.4) is 0 Å². The molecule has 2 nitrogen and oxygen atoms in total. The van der Waals surface area contributed by atoms with Crippen LogP contribution in [0.2, 0.25) is 0 Å². The van der Waals surface area contributed by atoms with Crippen LogP contribution in [0.1, 0.15) is 36.8 Å². The Morgan fingerprint density at radius 3 is 2.74 bits per heavy atom. The Hall–Kier alpha value is -0.830. The molecule has 0 aliphatic heterocycles. The highest BCUT2D eigenvalue weighted by Crippen LogP contribution is 2.28. The first kappa shape index (κ1) is 14.6. The summed E-state index contributed by atoms with van der Waals surface area (Å²) in [5, 5.41) is 3.08. The van der Waals surface area contributed by atoms with E-state index in [9.17, 15) is 4.79 Å². The predicted molar refractivity (Wildman–Crippen MR) is 82.6 cm³/mol. The number of hydrogen-bond acceptors (Lipinski definition) is 1. The zero-order chi connectivity index (χ0) is 13.7. The number of rotatable bonds is 4. The third kappa shape index (κ3) is 4.98. The second kappa shape index (κ2) is 7.09. The van der Waals surface area contributed by atoms with Crippen LogP contribution in [-0.2, 0) is 11.2 Å². The van der Waals surface area contributed by atoms with Crippen LogP contribution in [0.15, 0.2) is 24.3 Å². The molecule has 0 bridgehead atoms. The van der Waals surface area contributed by atoms with Gasteiger partial charge < -0.3 is 5.32 Å². The van der Waals surface area contributed by atoms with Crippen LogP contribution in [-0.4, -0.2) is 17.3 Å². The Kier molecular flexibility index (Phi) is 5.44. The standard InChI is InChI=1S/C16H22BrNO/c1-12-5-7-13(8-6-12)10-16(19)18-11-14-3-2-4-15(17)9-14/h5-8,14-15H,2-4,9-11H2,1H3,(H,18,19). The summed E-state index contributed by atoms with van der Waals surface area (Å²) >= 11 is 3.68. The zero-order valence-corrected chi connectivity index (χ0v) is 13.1. The molecule has 1 fully saturated rings. The number of carbonyl (C=O) groups excluding carboxylic acids is 1. The number of carbonyl (C=O) groups is 1. The molecule has 1 aliphatic carbocycles. The average molecular weight is 324 g/mol. The fraction of sp³-hybridized carbons (Fsp3) is 0.562. The first-order chi connectivity index (χ1) is 9.13. The van der Waals surface area contributed by atoms with Crippen molar-refractivity contribution in [2.45, 2.75) is 43.9 Å². The Bertz CT molecular complexity index is 415. The fourth-order valence-corrected chi connectivity index (χ4v) is 3.48. The molecule has 0 radical (unpaired) electrons. The lowest BCUT2D eigenvalue weighted by Crippen LogP contribution is -2.32. The topological polar surface area (TPSA) is 29.1 Å². The third-order valence-corrected chi connectivity index (χ3v) is 4.62. The van der Waals surface area contributed by atoms with Crippen molar-refractivity contribution in [2.75, 3.05) is 6.54 Å². The van der Waals surface area contributed by atoms with E-state index in [4.69, 9.17) is 0 Å². The molecule has 3 heteroatoms. The molecule has 1 aromatic rings. The average Bonchev–Trinajstić information content (AvgIpc) is 2.39. The van der Waals surface area contributed by atoms with E-state index in [-0.39, 0.29) is 5.91 Å². The van der Waals surface area contributed by atoms with Gasteiger partial charge in [0.2, 0.25) is 5.91 Å². The van der Waals surface area contributed by atoms with Crippen LogP contribution in [0, 0.1) is 12.8 Å². The SMILES string of the molecule is Cc1ccc(CC(=O)NCC2CCCC(Br)C2)cc1. The zero-order valence-electron chi connectivity index (χ0n) is 11.5. The molecule has 0 heterocycles. The number of nitrogens with one attached hydrogen (secondary N) is 1. The van der Waals surface area contributed by atoms with Crippen molar-refractivity contribution in [3.63, 3.8) is 0 Å². The van der Waals surface area contributed by atoms with Crippen molar-refractivity contribution >= 4 is 21.8 Å². The Balaban J connectivity index is 1.73. The molecule has 1 aromatic carbocycles. The summed E-state index contributed by atoms with van der Waals surface area (Å²) in [4.78, 5) is 12.5. The van der Waals surface area contributed by atoms with Crippen molar-refractivity contribution in [1.29, 1.82) is 0 Å². The maximum atomic E-state index is 11.9. The maximum absolute atomic E-state index is 11.9. The summed E-state index contributed by atoms with van der Waals surface area (Å²) < 4.78 is 0. The summed E-state index contributed by atoms with van der Waals surface area (Å²) in [6.45, 7) is 2.89. The first-order valence-corrected chi connectivity index (χ1v) is 8.01. The highest BCUT2D eigenvalue weighted by Gasteiger charge is 2.20. The van der Waals surface area contributed by atoms with E-state index in [1.165, 1.54) is 31.2 Å². The number of aryl methyl sites for hydroxylation is 1. The second-order valence-corrected chi connectivity index (χ2v) is 6.89. The van der Waals surface area contributed by atoms with Gasteiger partial charge in [-0.05, 0) is 37.7 Å². The van der Waals surface area contributed by atoms with Crippen LogP contribution < -0.4 is 5.32 Å². The van der Waals surface area contributed by atoms with E-state index in [0.29, 0.717) is 17.2 Å². The Morgan fingerprint density at radius 1 is 1.32 bits per heavy atom. The van der Waals surface area contributed by atoms with Crippen molar-refractivity contribution in [2.24, 2.45) is 5.92 Å². The van der Waals surface area contributed by atoms with E-state index in [2.05, 4.69) is 40.3 Å². The number of hydrogen-bond donors (Lipinski definition) is 1. The molecule has 19 heavy (non-hydrogen) atoms. The number of halogens is 1. The minimum absolute atomic E-state index is 0.139. The minimum atomic E-state index is 0.139. The molecule has 1 N–H and O–H groups in total. The van der Waals surface area contributed by atoms with Crippen molar-refractivity contribution in [3.05, 3.63) is 35.4 Å². The van der Waals surface area contributed by atoms with Crippen LogP contribution >= 0.6 is 15.9 Å². The van der Waals surface area contributed by atoms with Crippen molar-refractivity contribution in [1.82, 2.24) is 5.32 Å². The van der Waals surface area contributed by atoms with Gasteiger partial charge in [0, 0.05) is 11.4 Å². The summed E-state index contributed by atoms with van der Waals surface area (Å²) in [5.74, 6) is 0.778. The lowest BCUT2D eigenvalue weighted by Gasteiger charge is -2.25. The molecular weight excluding hydrogens is 302 g/mol. The highest BCUT2D eigenvalue weighted by molar-refractivity contribution is 9.09. The van der Waals surface area contributed by atoms with Crippen LogP contribution in [0.4, 0.5) is 0 Å². The molecule has 0 aromatic heterocycles. The molecule has 0 spiro atoms. The van der Waals surface area contributed by atoms with Gasteiger partial charge >= 0.3 is 0 Å². The number of alkyl halides is 1. The highest BCUT2D eigenvalue weighted by atomic mass is 79.9. The van der Waals surface area contributed by atoms with Gasteiger partial charge in [0.05, 0.1) is 6.42 Å². The van der Waals surface area contributed by atoms with E-state index < -0.39 is 0 Å².